The molecule has 2 N–H and O–H groups in total. The second kappa shape index (κ2) is 7.14. The Bertz CT molecular complexity index is 458. The molecule has 1 aromatic carbocycles. The number of nitrogens with zero attached hydrogens (tertiary/aromatic N) is 1. The SMILES string of the molecule is COc1ccc(CC(C)N)cc1OC(C)C(=O)N(C)C. The number of methoxy groups -OCH3 is 1. The molecule has 0 bridgehead atoms. The molecule has 112 valence electrons. The Morgan fingerprint density at radius 3 is 2.45 bits per heavy atom. The summed E-state index contributed by atoms with van der Waals surface area (Å²) < 4.78 is 11.0. The van der Waals surface area contributed by atoms with Crippen molar-refractivity contribution < 1.29 is 14.3 Å². The molecule has 0 fully saturated rings. The number of hydrogen-bond acceptors (Lipinski definition) is 4. The highest BCUT2D eigenvalue weighted by atomic mass is 16.5. The van der Waals surface area contributed by atoms with Crippen molar-refractivity contribution in [2.45, 2.75) is 32.4 Å². The first kappa shape index (κ1) is 16.3. The zero-order chi connectivity index (χ0) is 15.3. The fraction of sp³-hybridized carbons (Fsp3) is 0.533. The molecule has 0 heterocycles. The highest BCUT2D eigenvalue weighted by Gasteiger charge is 2.18. The summed E-state index contributed by atoms with van der Waals surface area (Å²) in [5, 5.41) is 0. The van der Waals surface area contributed by atoms with E-state index in [1.54, 1.807) is 28.1 Å². The van der Waals surface area contributed by atoms with Crippen LogP contribution in [0.1, 0.15) is 19.4 Å². The minimum atomic E-state index is -0.565. The third kappa shape index (κ3) is 4.42. The van der Waals surface area contributed by atoms with Gasteiger partial charge in [0, 0.05) is 20.1 Å². The first-order valence-corrected chi connectivity index (χ1v) is 6.65. The Hall–Kier alpha value is -1.75. The van der Waals surface area contributed by atoms with E-state index in [-0.39, 0.29) is 11.9 Å². The summed E-state index contributed by atoms with van der Waals surface area (Å²) in [7, 11) is 4.98. The quantitative estimate of drug-likeness (QED) is 0.856. The molecule has 0 aliphatic carbocycles. The Morgan fingerprint density at radius 2 is 1.95 bits per heavy atom. The van der Waals surface area contributed by atoms with Gasteiger partial charge in [0.2, 0.25) is 0 Å². The third-order valence-corrected chi connectivity index (χ3v) is 2.88. The van der Waals surface area contributed by atoms with Gasteiger partial charge in [-0.2, -0.15) is 0 Å². The van der Waals surface area contributed by atoms with Crippen LogP contribution >= 0.6 is 0 Å². The lowest BCUT2D eigenvalue weighted by Gasteiger charge is -2.20. The molecule has 0 aromatic heterocycles. The third-order valence-electron chi connectivity index (χ3n) is 2.88. The van der Waals surface area contributed by atoms with Gasteiger partial charge in [0.25, 0.3) is 5.91 Å². The van der Waals surface area contributed by atoms with E-state index in [0.29, 0.717) is 11.5 Å². The van der Waals surface area contributed by atoms with Crippen molar-refractivity contribution in [2.75, 3.05) is 21.2 Å². The Balaban J connectivity index is 2.93. The summed E-state index contributed by atoms with van der Waals surface area (Å²) in [5.41, 5.74) is 6.86. The van der Waals surface area contributed by atoms with Crippen LogP contribution in [-0.2, 0) is 11.2 Å². The van der Waals surface area contributed by atoms with Crippen LogP contribution in [0, 0.1) is 0 Å². The van der Waals surface area contributed by atoms with E-state index in [9.17, 15) is 4.79 Å². The molecular weight excluding hydrogens is 256 g/mol. The topological polar surface area (TPSA) is 64.8 Å². The van der Waals surface area contributed by atoms with Crippen LogP contribution in [0.4, 0.5) is 0 Å². The molecule has 2 unspecified atom stereocenters. The number of rotatable bonds is 6. The predicted octanol–water partition coefficient (Wildman–Crippen LogP) is 1.44. The zero-order valence-corrected chi connectivity index (χ0v) is 12.8. The summed E-state index contributed by atoms with van der Waals surface area (Å²) in [6.07, 6.45) is 0.181. The minimum Gasteiger partial charge on any atom is -0.493 e. The molecule has 0 aliphatic rings. The van der Waals surface area contributed by atoms with Gasteiger partial charge in [0.1, 0.15) is 0 Å². The molecule has 0 radical (unpaired) electrons. The number of carbonyl (C=O) groups is 1. The molecule has 2 atom stereocenters. The summed E-state index contributed by atoms with van der Waals surface area (Å²) in [5.74, 6) is 1.08. The van der Waals surface area contributed by atoms with Crippen LogP contribution in [0.25, 0.3) is 0 Å². The molecule has 0 spiro atoms. The number of nitrogens with two attached hydrogens (primary N) is 1. The van der Waals surface area contributed by atoms with Crippen LogP contribution < -0.4 is 15.2 Å². The van der Waals surface area contributed by atoms with Crippen LogP contribution in [0.5, 0.6) is 11.5 Å². The smallest absolute Gasteiger partial charge is 0.262 e. The average Bonchev–Trinajstić information content (AvgIpc) is 2.37. The first-order chi connectivity index (χ1) is 9.35. The van der Waals surface area contributed by atoms with Gasteiger partial charge < -0.3 is 20.1 Å². The molecule has 5 nitrogen and oxygen atoms in total. The summed E-state index contributed by atoms with van der Waals surface area (Å²) >= 11 is 0. The number of benzene rings is 1. The monoisotopic (exact) mass is 280 g/mol. The van der Waals surface area contributed by atoms with Crippen molar-refractivity contribution in [3.05, 3.63) is 23.8 Å². The Morgan fingerprint density at radius 1 is 1.30 bits per heavy atom. The van der Waals surface area contributed by atoms with Crippen LogP contribution in [0.3, 0.4) is 0 Å². The number of likely N-dealkylation sites (N-methyl/N-ethyl adjacent to an activating group) is 1. The van der Waals surface area contributed by atoms with Crippen molar-refractivity contribution in [1.29, 1.82) is 0 Å². The van der Waals surface area contributed by atoms with Crippen molar-refractivity contribution in [1.82, 2.24) is 4.90 Å². The van der Waals surface area contributed by atoms with Crippen molar-refractivity contribution in [3.8, 4) is 11.5 Å². The zero-order valence-electron chi connectivity index (χ0n) is 12.8. The molecular formula is C15H24N2O3. The number of ether oxygens (including phenoxy) is 2. The lowest BCUT2D eigenvalue weighted by molar-refractivity contribution is -0.135. The Labute approximate surface area is 120 Å². The van der Waals surface area contributed by atoms with E-state index in [2.05, 4.69) is 0 Å². The summed E-state index contributed by atoms with van der Waals surface area (Å²) in [6.45, 7) is 3.67. The van der Waals surface area contributed by atoms with Crippen LogP contribution in [0.2, 0.25) is 0 Å². The lowest BCUT2D eigenvalue weighted by atomic mass is 10.1. The standard InChI is InChI=1S/C15H24N2O3/c1-10(16)8-12-6-7-13(19-5)14(9-12)20-11(2)15(18)17(3)4/h6-7,9-11H,8,16H2,1-5H3. The van der Waals surface area contributed by atoms with Gasteiger partial charge in [0.15, 0.2) is 17.6 Å². The molecule has 1 amide bonds. The van der Waals surface area contributed by atoms with Gasteiger partial charge in [-0.05, 0) is 38.0 Å². The van der Waals surface area contributed by atoms with E-state index >= 15 is 0 Å². The maximum absolute atomic E-state index is 11.8. The fourth-order valence-electron chi connectivity index (χ4n) is 1.92. The molecule has 1 aromatic rings. The summed E-state index contributed by atoms with van der Waals surface area (Å²) in [6, 6.07) is 5.73. The number of amides is 1. The molecule has 0 aliphatic heterocycles. The van der Waals surface area contributed by atoms with E-state index < -0.39 is 6.10 Å². The maximum atomic E-state index is 11.8. The molecule has 20 heavy (non-hydrogen) atoms. The second-order valence-electron chi connectivity index (χ2n) is 5.16. The molecule has 5 heteroatoms. The van der Waals surface area contributed by atoms with Crippen molar-refractivity contribution in [3.63, 3.8) is 0 Å². The normalized spacial score (nSPS) is 13.5. The lowest BCUT2D eigenvalue weighted by Crippen LogP contribution is -2.35. The van der Waals surface area contributed by atoms with Crippen LogP contribution in [0.15, 0.2) is 18.2 Å². The minimum absolute atomic E-state index is 0.0667. The fourth-order valence-corrected chi connectivity index (χ4v) is 1.92. The largest absolute Gasteiger partial charge is 0.493 e. The summed E-state index contributed by atoms with van der Waals surface area (Å²) in [4.78, 5) is 13.4. The van der Waals surface area contributed by atoms with Gasteiger partial charge in [-0.15, -0.1) is 0 Å². The van der Waals surface area contributed by atoms with E-state index in [0.717, 1.165) is 12.0 Å². The predicted molar refractivity (Wildman–Crippen MR) is 79.1 cm³/mol. The molecule has 0 saturated heterocycles. The Kier molecular flexibility index (Phi) is 5.82. The van der Waals surface area contributed by atoms with Crippen LogP contribution in [-0.4, -0.2) is 44.2 Å². The van der Waals surface area contributed by atoms with Gasteiger partial charge in [0.05, 0.1) is 7.11 Å². The van der Waals surface area contributed by atoms with Crippen molar-refractivity contribution in [2.24, 2.45) is 5.73 Å². The number of carbonyl (C=O) groups excluding carboxylic acids is 1. The van der Waals surface area contributed by atoms with E-state index in [1.807, 2.05) is 25.1 Å². The van der Waals surface area contributed by atoms with Gasteiger partial charge in [-0.25, -0.2) is 0 Å². The van der Waals surface area contributed by atoms with E-state index in [1.165, 1.54) is 4.90 Å². The number of hydrogen-bond donors (Lipinski definition) is 1. The second-order valence-corrected chi connectivity index (χ2v) is 5.16. The van der Waals surface area contributed by atoms with Gasteiger partial charge in [-0.1, -0.05) is 6.07 Å². The average molecular weight is 280 g/mol. The first-order valence-electron chi connectivity index (χ1n) is 6.65. The van der Waals surface area contributed by atoms with Crippen molar-refractivity contribution >= 4 is 5.91 Å². The molecule has 1 rings (SSSR count). The highest BCUT2D eigenvalue weighted by molar-refractivity contribution is 5.80. The molecule has 0 saturated carbocycles. The van der Waals surface area contributed by atoms with Gasteiger partial charge >= 0.3 is 0 Å². The highest BCUT2D eigenvalue weighted by Crippen LogP contribution is 2.29. The van der Waals surface area contributed by atoms with Gasteiger partial charge in [-0.3, -0.25) is 4.79 Å². The van der Waals surface area contributed by atoms with E-state index in [4.69, 9.17) is 15.2 Å². The maximum Gasteiger partial charge on any atom is 0.262 e.